The standard InChI is InChI=1S/C20H16N4O4/c25-17(23-11-10-16(21-23)13-6-2-1-3-7-13)12-24-19(26)15-9-5-4-8-14(15)18(22-24)20(27)28/h1-9H,10-12H2,(H,27,28)/p-1. The molecule has 0 saturated heterocycles. The molecule has 3 aromatic rings. The van der Waals surface area contributed by atoms with Crippen molar-refractivity contribution < 1.29 is 14.7 Å². The van der Waals surface area contributed by atoms with Crippen molar-refractivity contribution in [3.05, 3.63) is 76.2 Å². The number of amides is 1. The molecule has 8 nitrogen and oxygen atoms in total. The van der Waals surface area contributed by atoms with Crippen LogP contribution >= 0.6 is 0 Å². The van der Waals surface area contributed by atoms with Gasteiger partial charge in [-0.15, -0.1) is 0 Å². The van der Waals surface area contributed by atoms with E-state index in [2.05, 4.69) is 10.2 Å². The van der Waals surface area contributed by atoms with Crippen LogP contribution in [-0.4, -0.2) is 38.9 Å². The number of carboxylic acid groups (broad SMARTS) is 1. The number of aromatic nitrogens is 2. The highest BCUT2D eigenvalue weighted by Crippen LogP contribution is 2.15. The Hall–Kier alpha value is -3.81. The molecular formula is C20H15N4O4-. The summed E-state index contributed by atoms with van der Waals surface area (Å²) < 4.78 is 0.853. The number of hydrazone groups is 1. The third kappa shape index (κ3) is 3.16. The van der Waals surface area contributed by atoms with E-state index in [9.17, 15) is 19.5 Å². The molecular weight excluding hydrogens is 360 g/mol. The van der Waals surface area contributed by atoms with E-state index in [1.54, 1.807) is 12.1 Å². The Balaban J connectivity index is 1.64. The molecule has 0 fully saturated rings. The Bertz CT molecular complexity index is 1170. The van der Waals surface area contributed by atoms with Gasteiger partial charge in [-0.1, -0.05) is 48.5 Å². The van der Waals surface area contributed by atoms with Gasteiger partial charge in [-0.25, -0.2) is 9.69 Å². The minimum Gasteiger partial charge on any atom is -0.543 e. The lowest BCUT2D eigenvalue weighted by atomic mass is 10.1. The SMILES string of the molecule is O=C([O-])c1nn(CC(=O)N2CCC(c3ccccc3)=N2)c(=O)c2ccccc12. The smallest absolute Gasteiger partial charge is 0.275 e. The molecule has 1 amide bonds. The Labute approximate surface area is 159 Å². The molecule has 28 heavy (non-hydrogen) atoms. The van der Waals surface area contributed by atoms with Crippen molar-refractivity contribution in [1.29, 1.82) is 0 Å². The fourth-order valence-electron chi connectivity index (χ4n) is 3.17. The van der Waals surface area contributed by atoms with Gasteiger partial charge in [0.1, 0.15) is 12.2 Å². The molecule has 4 rings (SSSR count). The highest BCUT2D eigenvalue weighted by atomic mass is 16.4. The third-order valence-corrected chi connectivity index (χ3v) is 4.54. The molecule has 2 heterocycles. The van der Waals surface area contributed by atoms with Gasteiger partial charge in [0.2, 0.25) is 0 Å². The number of carbonyl (C=O) groups excluding carboxylic acids is 2. The van der Waals surface area contributed by atoms with Gasteiger partial charge >= 0.3 is 0 Å². The molecule has 0 N–H and O–H groups in total. The highest BCUT2D eigenvalue weighted by molar-refractivity contribution is 6.02. The van der Waals surface area contributed by atoms with Crippen LogP contribution in [0, 0.1) is 0 Å². The summed E-state index contributed by atoms with van der Waals surface area (Å²) in [5.41, 5.74) is 0.791. The number of hydrogen-bond acceptors (Lipinski definition) is 6. The molecule has 0 radical (unpaired) electrons. The molecule has 140 valence electrons. The number of carbonyl (C=O) groups is 2. The maximum Gasteiger partial charge on any atom is 0.275 e. The Morgan fingerprint density at radius 2 is 1.68 bits per heavy atom. The van der Waals surface area contributed by atoms with Gasteiger partial charge < -0.3 is 9.90 Å². The van der Waals surface area contributed by atoms with Crippen molar-refractivity contribution in [2.45, 2.75) is 13.0 Å². The van der Waals surface area contributed by atoms with Crippen LogP contribution in [0.1, 0.15) is 22.5 Å². The zero-order valence-corrected chi connectivity index (χ0v) is 14.7. The van der Waals surface area contributed by atoms with Gasteiger partial charge in [0, 0.05) is 11.8 Å². The second-order valence-corrected chi connectivity index (χ2v) is 6.32. The summed E-state index contributed by atoms with van der Waals surface area (Å²) in [4.78, 5) is 36.7. The van der Waals surface area contributed by atoms with Gasteiger partial charge in [0.25, 0.3) is 11.5 Å². The minimum absolute atomic E-state index is 0.166. The number of carboxylic acids is 1. The van der Waals surface area contributed by atoms with Crippen LogP contribution in [0.25, 0.3) is 10.8 Å². The van der Waals surface area contributed by atoms with Crippen molar-refractivity contribution in [3.8, 4) is 0 Å². The van der Waals surface area contributed by atoms with Crippen LogP contribution in [0.5, 0.6) is 0 Å². The molecule has 1 aromatic heterocycles. The zero-order chi connectivity index (χ0) is 19.7. The maximum absolute atomic E-state index is 12.6. The highest BCUT2D eigenvalue weighted by Gasteiger charge is 2.23. The first kappa shape index (κ1) is 17.6. The molecule has 8 heteroatoms. The van der Waals surface area contributed by atoms with Crippen LogP contribution in [0.3, 0.4) is 0 Å². The average molecular weight is 375 g/mol. The summed E-state index contributed by atoms with van der Waals surface area (Å²) in [6.07, 6.45) is 0.597. The summed E-state index contributed by atoms with van der Waals surface area (Å²) in [6, 6.07) is 15.7. The molecule has 0 aliphatic carbocycles. The monoisotopic (exact) mass is 375 g/mol. The number of aromatic carboxylic acids is 1. The van der Waals surface area contributed by atoms with Crippen molar-refractivity contribution >= 4 is 28.4 Å². The fourth-order valence-corrected chi connectivity index (χ4v) is 3.17. The number of nitrogens with zero attached hydrogens (tertiary/aromatic N) is 4. The van der Waals surface area contributed by atoms with Crippen LogP contribution < -0.4 is 10.7 Å². The van der Waals surface area contributed by atoms with Crippen molar-refractivity contribution in [2.75, 3.05) is 6.54 Å². The lowest BCUT2D eigenvalue weighted by Gasteiger charge is -2.14. The summed E-state index contributed by atoms with van der Waals surface area (Å²) >= 11 is 0. The van der Waals surface area contributed by atoms with E-state index in [-0.39, 0.29) is 16.5 Å². The molecule has 0 bridgehead atoms. The number of benzene rings is 2. The van der Waals surface area contributed by atoms with E-state index in [0.29, 0.717) is 13.0 Å². The number of hydrogen-bond donors (Lipinski definition) is 0. The summed E-state index contributed by atoms with van der Waals surface area (Å²) in [6.45, 7) is -0.0196. The fraction of sp³-hybridized carbons (Fsp3) is 0.150. The van der Waals surface area contributed by atoms with E-state index in [4.69, 9.17) is 0 Å². The number of fused-ring (bicyclic) bond motifs is 1. The van der Waals surface area contributed by atoms with Crippen molar-refractivity contribution in [2.24, 2.45) is 5.10 Å². The first-order valence-electron chi connectivity index (χ1n) is 8.69. The molecule has 1 aliphatic rings. The lowest BCUT2D eigenvalue weighted by molar-refractivity contribution is -0.255. The maximum atomic E-state index is 12.6. The predicted molar refractivity (Wildman–Crippen MR) is 99.6 cm³/mol. The second-order valence-electron chi connectivity index (χ2n) is 6.32. The van der Waals surface area contributed by atoms with E-state index in [1.165, 1.54) is 17.1 Å². The van der Waals surface area contributed by atoms with E-state index < -0.39 is 24.0 Å². The third-order valence-electron chi connectivity index (χ3n) is 4.54. The van der Waals surface area contributed by atoms with Crippen LogP contribution in [0.2, 0.25) is 0 Å². The second kappa shape index (κ2) is 7.07. The van der Waals surface area contributed by atoms with E-state index in [1.807, 2.05) is 30.3 Å². The Morgan fingerprint density at radius 3 is 2.39 bits per heavy atom. The van der Waals surface area contributed by atoms with Gasteiger partial charge in [0.05, 0.1) is 23.6 Å². The summed E-state index contributed by atoms with van der Waals surface area (Å²) in [5, 5.41) is 21.2. The predicted octanol–water partition coefficient (Wildman–Crippen LogP) is 0.397. The lowest BCUT2D eigenvalue weighted by Crippen LogP contribution is -2.36. The quantitative estimate of drug-likeness (QED) is 0.656. The van der Waals surface area contributed by atoms with Crippen molar-refractivity contribution in [3.63, 3.8) is 0 Å². The van der Waals surface area contributed by atoms with Crippen LogP contribution in [0.4, 0.5) is 0 Å². The molecule has 0 spiro atoms. The van der Waals surface area contributed by atoms with Crippen LogP contribution in [0.15, 0.2) is 64.5 Å². The molecule has 2 aromatic carbocycles. The van der Waals surface area contributed by atoms with Gasteiger partial charge in [0.15, 0.2) is 0 Å². The van der Waals surface area contributed by atoms with E-state index in [0.717, 1.165) is 16.0 Å². The molecule has 1 aliphatic heterocycles. The average Bonchev–Trinajstić information content (AvgIpc) is 3.21. The van der Waals surface area contributed by atoms with E-state index >= 15 is 0 Å². The molecule has 0 unspecified atom stereocenters. The van der Waals surface area contributed by atoms with Gasteiger partial charge in [-0.05, 0) is 11.6 Å². The summed E-state index contributed by atoms with van der Waals surface area (Å²) in [7, 11) is 0. The topological polar surface area (TPSA) is 108 Å². The number of rotatable bonds is 4. The van der Waals surface area contributed by atoms with Crippen molar-refractivity contribution in [1.82, 2.24) is 14.8 Å². The summed E-state index contributed by atoms with van der Waals surface area (Å²) in [5.74, 6) is -1.96. The first-order chi connectivity index (χ1) is 13.5. The Morgan fingerprint density at radius 1 is 1.00 bits per heavy atom. The molecule has 0 saturated carbocycles. The molecule has 0 atom stereocenters. The zero-order valence-electron chi connectivity index (χ0n) is 14.7. The normalized spacial score (nSPS) is 13.6. The first-order valence-corrected chi connectivity index (χ1v) is 8.69. The minimum atomic E-state index is -1.51. The van der Waals surface area contributed by atoms with Crippen LogP contribution in [-0.2, 0) is 11.3 Å². The van der Waals surface area contributed by atoms with Gasteiger partial charge in [-0.2, -0.15) is 10.2 Å². The largest absolute Gasteiger partial charge is 0.543 e. The Kier molecular flexibility index (Phi) is 4.44. The van der Waals surface area contributed by atoms with Gasteiger partial charge in [-0.3, -0.25) is 9.59 Å².